The molecule has 3 aromatic rings. The second kappa shape index (κ2) is 5.81. The zero-order valence-electron chi connectivity index (χ0n) is 13.5. The van der Waals surface area contributed by atoms with Crippen molar-refractivity contribution in [2.75, 3.05) is 6.54 Å². The lowest BCUT2D eigenvalue weighted by atomic mass is 9.92. The summed E-state index contributed by atoms with van der Waals surface area (Å²) >= 11 is 3.60. The highest BCUT2D eigenvalue weighted by Crippen LogP contribution is 2.34. The highest BCUT2D eigenvalue weighted by Gasteiger charge is 2.25. The van der Waals surface area contributed by atoms with Gasteiger partial charge < -0.3 is 10.3 Å². The molecule has 4 rings (SSSR count). The minimum atomic E-state index is 0.256. The highest BCUT2D eigenvalue weighted by molar-refractivity contribution is 9.10. The molecule has 1 atom stereocenters. The molecule has 0 radical (unpaired) electrons. The van der Waals surface area contributed by atoms with Crippen LogP contribution in [0.2, 0.25) is 0 Å². The molecule has 1 aliphatic heterocycles. The van der Waals surface area contributed by atoms with Gasteiger partial charge in [0.05, 0.1) is 6.04 Å². The number of fused-ring (bicyclic) bond motifs is 3. The Kier molecular flexibility index (Phi) is 3.78. The highest BCUT2D eigenvalue weighted by atomic mass is 79.9. The minimum Gasteiger partial charge on any atom is -0.357 e. The molecule has 0 bridgehead atoms. The molecule has 0 fully saturated rings. The van der Waals surface area contributed by atoms with E-state index in [9.17, 15) is 0 Å². The Labute approximate surface area is 145 Å². The van der Waals surface area contributed by atoms with Crippen LogP contribution in [-0.2, 0) is 6.42 Å². The number of H-pyrrole nitrogens is 1. The van der Waals surface area contributed by atoms with Gasteiger partial charge in [0.25, 0.3) is 0 Å². The molecule has 23 heavy (non-hydrogen) atoms. The summed E-state index contributed by atoms with van der Waals surface area (Å²) < 4.78 is 1.14. The van der Waals surface area contributed by atoms with Crippen molar-refractivity contribution >= 4 is 26.8 Å². The van der Waals surface area contributed by atoms with E-state index in [1.54, 1.807) is 0 Å². The Morgan fingerprint density at radius 1 is 1.09 bits per heavy atom. The van der Waals surface area contributed by atoms with Gasteiger partial charge in [-0.3, -0.25) is 0 Å². The minimum absolute atomic E-state index is 0.256. The van der Waals surface area contributed by atoms with Crippen molar-refractivity contribution in [1.82, 2.24) is 10.3 Å². The summed E-state index contributed by atoms with van der Waals surface area (Å²) in [5.41, 5.74) is 6.73. The number of aromatic nitrogens is 1. The van der Waals surface area contributed by atoms with Crippen LogP contribution in [0.15, 0.2) is 46.9 Å². The molecule has 0 amide bonds. The maximum atomic E-state index is 3.67. The number of hydrogen-bond acceptors (Lipinski definition) is 1. The lowest BCUT2D eigenvalue weighted by molar-refractivity contribution is 0.560. The van der Waals surface area contributed by atoms with Gasteiger partial charge in [-0.15, -0.1) is 0 Å². The molecule has 1 unspecified atom stereocenters. The third-order valence-corrected chi connectivity index (χ3v) is 5.34. The van der Waals surface area contributed by atoms with Gasteiger partial charge in [-0.2, -0.15) is 0 Å². The Morgan fingerprint density at radius 2 is 1.87 bits per heavy atom. The third kappa shape index (κ3) is 2.62. The summed E-state index contributed by atoms with van der Waals surface area (Å²) in [6, 6.07) is 15.8. The lowest BCUT2D eigenvalue weighted by Gasteiger charge is -2.25. The molecule has 3 heteroatoms. The molecular formula is C20H21BrN2. The van der Waals surface area contributed by atoms with Gasteiger partial charge in [0, 0.05) is 27.6 Å². The van der Waals surface area contributed by atoms with Crippen molar-refractivity contribution in [3.05, 3.63) is 69.3 Å². The van der Waals surface area contributed by atoms with Crippen LogP contribution in [0.4, 0.5) is 0 Å². The molecule has 0 saturated heterocycles. The quantitative estimate of drug-likeness (QED) is 0.631. The van der Waals surface area contributed by atoms with Gasteiger partial charge >= 0.3 is 0 Å². The second-order valence-corrected chi connectivity index (χ2v) is 7.58. The Balaban J connectivity index is 1.79. The molecule has 2 N–H and O–H groups in total. The van der Waals surface area contributed by atoms with E-state index in [1.165, 1.54) is 33.3 Å². The maximum absolute atomic E-state index is 3.67. The van der Waals surface area contributed by atoms with Crippen molar-refractivity contribution in [1.29, 1.82) is 0 Å². The number of rotatable bonds is 2. The van der Waals surface area contributed by atoms with Crippen molar-refractivity contribution in [3.63, 3.8) is 0 Å². The lowest BCUT2D eigenvalue weighted by Crippen LogP contribution is -2.30. The van der Waals surface area contributed by atoms with E-state index in [0.717, 1.165) is 17.4 Å². The van der Waals surface area contributed by atoms with E-state index in [-0.39, 0.29) is 6.04 Å². The van der Waals surface area contributed by atoms with E-state index >= 15 is 0 Å². The molecule has 2 nitrogen and oxygen atoms in total. The molecule has 2 heterocycles. The van der Waals surface area contributed by atoms with Crippen molar-refractivity contribution in [2.45, 2.75) is 32.2 Å². The first-order valence-corrected chi connectivity index (χ1v) is 9.06. The predicted molar refractivity (Wildman–Crippen MR) is 100 cm³/mol. The topological polar surface area (TPSA) is 27.8 Å². The standard InChI is InChI=1S/C20H21BrN2/c1-12(2)13-3-5-14(6-4-13)19-20-16(9-10-22-19)17-11-15(21)7-8-18(17)23-20/h3-8,11-12,19,22-23H,9-10H2,1-2H3. The van der Waals surface area contributed by atoms with Crippen LogP contribution in [0.1, 0.15) is 48.2 Å². The molecule has 2 aromatic carbocycles. The summed E-state index contributed by atoms with van der Waals surface area (Å²) in [4.78, 5) is 3.65. The fourth-order valence-electron chi connectivity index (χ4n) is 3.56. The molecule has 1 aliphatic rings. The molecular weight excluding hydrogens is 348 g/mol. The van der Waals surface area contributed by atoms with E-state index < -0.39 is 0 Å². The summed E-state index contributed by atoms with van der Waals surface area (Å²) in [5.74, 6) is 0.573. The van der Waals surface area contributed by atoms with Gasteiger partial charge in [-0.1, -0.05) is 54.0 Å². The summed E-state index contributed by atoms with van der Waals surface area (Å²) in [6.45, 7) is 5.49. The number of aromatic amines is 1. The van der Waals surface area contributed by atoms with Crippen molar-refractivity contribution in [2.24, 2.45) is 0 Å². The number of benzene rings is 2. The second-order valence-electron chi connectivity index (χ2n) is 6.67. The van der Waals surface area contributed by atoms with Gasteiger partial charge in [0.1, 0.15) is 0 Å². The monoisotopic (exact) mass is 368 g/mol. The summed E-state index contributed by atoms with van der Waals surface area (Å²) in [7, 11) is 0. The van der Waals surface area contributed by atoms with E-state index in [2.05, 4.69) is 82.5 Å². The average Bonchev–Trinajstić information content (AvgIpc) is 2.93. The Bertz CT molecular complexity index is 846. The van der Waals surface area contributed by atoms with Crippen LogP contribution in [0, 0.1) is 0 Å². The van der Waals surface area contributed by atoms with Crippen LogP contribution < -0.4 is 5.32 Å². The zero-order chi connectivity index (χ0) is 16.0. The maximum Gasteiger partial charge on any atom is 0.0732 e. The van der Waals surface area contributed by atoms with Crippen molar-refractivity contribution < 1.29 is 0 Å². The zero-order valence-corrected chi connectivity index (χ0v) is 15.1. The van der Waals surface area contributed by atoms with Crippen LogP contribution in [0.5, 0.6) is 0 Å². The smallest absolute Gasteiger partial charge is 0.0732 e. The SMILES string of the molecule is CC(C)c1ccc(C2NCCc3c2[nH]c2ccc(Br)cc32)cc1. The fraction of sp³-hybridized carbons (Fsp3) is 0.300. The number of nitrogens with one attached hydrogen (secondary N) is 2. The summed E-state index contributed by atoms with van der Waals surface area (Å²) in [6.07, 6.45) is 1.08. The van der Waals surface area contributed by atoms with Gasteiger partial charge in [-0.05, 0) is 47.2 Å². The van der Waals surface area contributed by atoms with Gasteiger partial charge in [0.2, 0.25) is 0 Å². The van der Waals surface area contributed by atoms with E-state index in [0.29, 0.717) is 5.92 Å². The van der Waals surface area contributed by atoms with Gasteiger partial charge in [-0.25, -0.2) is 0 Å². The van der Waals surface area contributed by atoms with Crippen molar-refractivity contribution in [3.8, 4) is 0 Å². The molecule has 0 aliphatic carbocycles. The Hall–Kier alpha value is -1.58. The van der Waals surface area contributed by atoms with Gasteiger partial charge in [0.15, 0.2) is 0 Å². The number of halogens is 1. The van der Waals surface area contributed by atoms with E-state index in [1.807, 2.05) is 0 Å². The molecule has 1 aromatic heterocycles. The summed E-state index contributed by atoms with van der Waals surface area (Å²) in [5, 5.41) is 5.02. The fourth-order valence-corrected chi connectivity index (χ4v) is 3.92. The number of hydrogen-bond donors (Lipinski definition) is 2. The average molecular weight is 369 g/mol. The first-order valence-electron chi connectivity index (χ1n) is 8.26. The molecule has 0 saturated carbocycles. The van der Waals surface area contributed by atoms with Crippen LogP contribution in [0.3, 0.4) is 0 Å². The first kappa shape index (κ1) is 15.0. The van der Waals surface area contributed by atoms with Crippen LogP contribution in [-0.4, -0.2) is 11.5 Å². The molecule has 118 valence electrons. The van der Waals surface area contributed by atoms with E-state index in [4.69, 9.17) is 0 Å². The third-order valence-electron chi connectivity index (χ3n) is 4.85. The molecule has 0 spiro atoms. The van der Waals surface area contributed by atoms with Crippen LogP contribution >= 0.6 is 15.9 Å². The van der Waals surface area contributed by atoms with Crippen LogP contribution in [0.25, 0.3) is 10.9 Å². The normalized spacial score (nSPS) is 17.7. The first-order chi connectivity index (χ1) is 11.1. The predicted octanol–water partition coefficient (Wildman–Crippen LogP) is 5.29. The largest absolute Gasteiger partial charge is 0.357 e. The Morgan fingerprint density at radius 3 is 2.61 bits per heavy atom.